The van der Waals surface area contributed by atoms with E-state index in [4.69, 9.17) is 16.3 Å². The molecule has 4 heteroatoms. The second kappa shape index (κ2) is 6.15. The van der Waals surface area contributed by atoms with Gasteiger partial charge in [0.25, 0.3) is 0 Å². The van der Waals surface area contributed by atoms with Crippen LogP contribution < -0.4 is 4.74 Å². The Hall–Kier alpha value is -0.770. The summed E-state index contributed by atoms with van der Waals surface area (Å²) in [6.07, 6.45) is 4.12. The van der Waals surface area contributed by atoms with Gasteiger partial charge in [-0.3, -0.25) is 4.90 Å². The van der Waals surface area contributed by atoms with E-state index in [1.807, 2.05) is 6.07 Å². The van der Waals surface area contributed by atoms with Crippen molar-refractivity contribution in [2.75, 3.05) is 13.2 Å². The van der Waals surface area contributed by atoms with E-state index in [9.17, 15) is 5.11 Å². The summed E-state index contributed by atoms with van der Waals surface area (Å²) in [4.78, 5) is 2.44. The van der Waals surface area contributed by atoms with Gasteiger partial charge in [0.2, 0.25) is 0 Å². The van der Waals surface area contributed by atoms with E-state index in [0.29, 0.717) is 17.7 Å². The van der Waals surface area contributed by atoms with Crippen molar-refractivity contribution in [2.45, 2.75) is 57.7 Å². The highest BCUT2D eigenvalue weighted by atomic mass is 35.5. The fourth-order valence-electron chi connectivity index (χ4n) is 3.65. The van der Waals surface area contributed by atoms with Gasteiger partial charge in [0.05, 0.1) is 11.1 Å². The topological polar surface area (TPSA) is 32.7 Å². The van der Waals surface area contributed by atoms with Crippen molar-refractivity contribution >= 4 is 11.6 Å². The van der Waals surface area contributed by atoms with Crippen LogP contribution in [0.25, 0.3) is 0 Å². The SMILES string of the molecule is CCc1cc(Cl)c2c(c1)C(N1CCCCC1C)C(O)CO2. The molecule has 3 unspecified atom stereocenters. The number of fused-ring (bicyclic) bond motifs is 1. The lowest BCUT2D eigenvalue weighted by atomic mass is 9.90. The molecule has 0 spiro atoms. The van der Waals surface area contributed by atoms with Crippen molar-refractivity contribution in [1.82, 2.24) is 4.90 Å². The quantitative estimate of drug-likeness (QED) is 0.906. The van der Waals surface area contributed by atoms with Crippen LogP contribution in [0.1, 0.15) is 50.3 Å². The molecule has 1 N–H and O–H groups in total. The van der Waals surface area contributed by atoms with Crippen LogP contribution in [0.5, 0.6) is 5.75 Å². The standard InChI is InChI=1S/C17H24ClNO2/c1-3-12-8-13-16(19-7-5-4-6-11(19)2)15(20)10-21-17(13)14(18)9-12/h8-9,11,15-16,20H,3-7,10H2,1-2H3. The third-order valence-corrected chi connectivity index (χ3v) is 5.11. The van der Waals surface area contributed by atoms with E-state index in [2.05, 4.69) is 24.8 Å². The minimum atomic E-state index is -0.485. The third kappa shape index (κ3) is 2.79. The smallest absolute Gasteiger partial charge is 0.142 e. The van der Waals surface area contributed by atoms with Crippen LogP contribution in [0.4, 0.5) is 0 Å². The Morgan fingerprint density at radius 3 is 2.90 bits per heavy atom. The van der Waals surface area contributed by atoms with Crippen molar-refractivity contribution in [3.8, 4) is 5.75 Å². The lowest BCUT2D eigenvalue weighted by molar-refractivity contribution is -0.0247. The predicted molar refractivity (Wildman–Crippen MR) is 85.1 cm³/mol. The molecule has 1 aromatic carbocycles. The molecule has 0 bridgehead atoms. The number of aryl methyl sites for hydroxylation is 1. The van der Waals surface area contributed by atoms with Crippen LogP contribution >= 0.6 is 11.6 Å². The van der Waals surface area contributed by atoms with Crippen molar-refractivity contribution in [1.29, 1.82) is 0 Å². The Morgan fingerprint density at radius 2 is 2.19 bits per heavy atom. The summed E-state index contributed by atoms with van der Waals surface area (Å²) in [6, 6.07) is 4.64. The number of nitrogens with zero attached hydrogens (tertiary/aromatic N) is 1. The number of aliphatic hydroxyl groups excluding tert-OH is 1. The number of rotatable bonds is 2. The maximum atomic E-state index is 10.5. The number of ether oxygens (including phenoxy) is 1. The van der Waals surface area contributed by atoms with Crippen LogP contribution in [-0.2, 0) is 6.42 Å². The highest BCUT2D eigenvalue weighted by Crippen LogP contribution is 2.43. The first kappa shape index (κ1) is 15.1. The first-order valence-electron chi connectivity index (χ1n) is 8.00. The van der Waals surface area contributed by atoms with Gasteiger partial charge in [-0.2, -0.15) is 0 Å². The monoisotopic (exact) mass is 309 g/mol. The van der Waals surface area contributed by atoms with Gasteiger partial charge >= 0.3 is 0 Å². The molecule has 2 aliphatic heterocycles. The van der Waals surface area contributed by atoms with Crippen molar-refractivity contribution in [3.05, 3.63) is 28.3 Å². The molecule has 3 nitrogen and oxygen atoms in total. The third-order valence-electron chi connectivity index (χ3n) is 4.83. The second-order valence-electron chi connectivity index (χ2n) is 6.26. The summed E-state index contributed by atoms with van der Waals surface area (Å²) in [6.45, 7) is 5.74. The van der Waals surface area contributed by atoms with Gasteiger partial charge < -0.3 is 9.84 Å². The molecule has 0 saturated carbocycles. The Bertz CT molecular complexity index is 520. The maximum absolute atomic E-state index is 10.5. The summed E-state index contributed by atoms with van der Waals surface area (Å²) in [5, 5.41) is 11.2. The second-order valence-corrected chi connectivity index (χ2v) is 6.66. The highest BCUT2D eigenvalue weighted by Gasteiger charge is 2.38. The molecule has 1 fully saturated rings. The molecule has 0 radical (unpaired) electrons. The summed E-state index contributed by atoms with van der Waals surface area (Å²) in [5.74, 6) is 0.766. The summed E-state index contributed by atoms with van der Waals surface area (Å²) in [5.41, 5.74) is 2.26. The van der Waals surface area contributed by atoms with E-state index in [1.165, 1.54) is 24.8 Å². The maximum Gasteiger partial charge on any atom is 0.142 e. The van der Waals surface area contributed by atoms with Gasteiger partial charge in [0, 0.05) is 11.6 Å². The van der Waals surface area contributed by atoms with Crippen LogP contribution in [-0.4, -0.2) is 35.3 Å². The van der Waals surface area contributed by atoms with Crippen molar-refractivity contribution < 1.29 is 9.84 Å². The number of likely N-dealkylation sites (tertiary alicyclic amines) is 1. The van der Waals surface area contributed by atoms with Gasteiger partial charge in [-0.25, -0.2) is 0 Å². The largest absolute Gasteiger partial charge is 0.489 e. The summed E-state index contributed by atoms with van der Waals surface area (Å²) >= 11 is 6.39. The van der Waals surface area contributed by atoms with Gasteiger partial charge in [0.15, 0.2) is 0 Å². The minimum absolute atomic E-state index is 0.00745. The normalized spacial score (nSPS) is 29.8. The Balaban J connectivity index is 2.03. The zero-order chi connectivity index (χ0) is 15.0. The average Bonchev–Trinajstić information content (AvgIpc) is 2.48. The first-order valence-corrected chi connectivity index (χ1v) is 8.38. The van der Waals surface area contributed by atoms with E-state index >= 15 is 0 Å². The van der Waals surface area contributed by atoms with Gasteiger partial charge in [-0.15, -0.1) is 0 Å². The molecule has 21 heavy (non-hydrogen) atoms. The molecule has 3 atom stereocenters. The molecule has 2 heterocycles. The van der Waals surface area contributed by atoms with Gasteiger partial charge in [0.1, 0.15) is 18.5 Å². The van der Waals surface area contributed by atoms with Crippen LogP contribution in [0.2, 0.25) is 5.02 Å². The summed E-state index contributed by atoms with van der Waals surface area (Å²) in [7, 11) is 0. The molecular formula is C17H24ClNO2. The molecule has 1 aromatic rings. The van der Waals surface area contributed by atoms with Crippen molar-refractivity contribution in [3.63, 3.8) is 0 Å². The van der Waals surface area contributed by atoms with E-state index in [-0.39, 0.29) is 6.04 Å². The van der Waals surface area contributed by atoms with E-state index in [0.717, 1.165) is 24.3 Å². The Kier molecular flexibility index (Phi) is 4.43. The fraction of sp³-hybridized carbons (Fsp3) is 0.647. The number of aliphatic hydroxyl groups is 1. The predicted octanol–water partition coefficient (Wildman–Crippen LogP) is 3.57. The summed E-state index contributed by atoms with van der Waals surface area (Å²) < 4.78 is 5.71. The van der Waals surface area contributed by atoms with Crippen LogP contribution in [0.15, 0.2) is 12.1 Å². The van der Waals surface area contributed by atoms with Gasteiger partial charge in [-0.1, -0.05) is 31.0 Å². The number of hydrogen-bond acceptors (Lipinski definition) is 3. The molecule has 1 saturated heterocycles. The van der Waals surface area contributed by atoms with E-state index in [1.54, 1.807) is 0 Å². The first-order chi connectivity index (χ1) is 10.1. The van der Waals surface area contributed by atoms with E-state index < -0.39 is 6.10 Å². The molecule has 2 aliphatic rings. The number of halogens is 1. The van der Waals surface area contributed by atoms with Crippen LogP contribution in [0.3, 0.4) is 0 Å². The number of benzene rings is 1. The average molecular weight is 310 g/mol. The zero-order valence-corrected chi connectivity index (χ0v) is 13.6. The Labute approximate surface area is 131 Å². The molecule has 116 valence electrons. The van der Waals surface area contributed by atoms with Gasteiger partial charge in [-0.05, 0) is 44.4 Å². The lowest BCUT2D eigenvalue weighted by Crippen LogP contribution is -2.48. The molecular weight excluding hydrogens is 286 g/mol. The Morgan fingerprint density at radius 1 is 1.38 bits per heavy atom. The van der Waals surface area contributed by atoms with Crippen molar-refractivity contribution in [2.24, 2.45) is 0 Å². The molecule has 3 rings (SSSR count). The highest BCUT2D eigenvalue weighted by molar-refractivity contribution is 6.32. The molecule has 0 aliphatic carbocycles. The molecule has 0 aromatic heterocycles. The fourth-order valence-corrected chi connectivity index (χ4v) is 3.95. The molecule has 0 amide bonds. The number of hydrogen-bond donors (Lipinski definition) is 1. The minimum Gasteiger partial charge on any atom is -0.489 e. The zero-order valence-electron chi connectivity index (χ0n) is 12.8. The number of piperidine rings is 1. The lowest BCUT2D eigenvalue weighted by Gasteiger charge is -2.44. The van der Waals surface area contributed by atoms with Crippen LogP contribution in [0, 0.1) is 0 Å².